The number of nitrogens with two attached hydrogens (primary N) is 1. The lowest BCUT2D eigenvalue weighted by molar-refractivity contribution is -0.121. The number of hydrogen-bond donors (Lipinski definition) is 2. The predicted molar refractivity (Wildman–Crippen MR) is 61.4 cm³/mol. The average molecular weight is 216 g/mol. The summed E-state index contributed by atoms with van der Waals surface area (Å²) in [5, 5.41) is 3.05. The molecule has 2 unspecified atom stereocenters. The van der Waals surface area contributed by atoms with Crippen LogP contribution in [0.3, 0.4) is 0 Å². The maximum atomic E-state index is 11.4. The minimum absolute atomic E-state index is 0.179. The molecule has 1 amide bonds. The van der Waals surface area contributed by atoms with Crippen molar-refractivity contribution in [3.8, 4) is 0 Å². The molecule has 0 bridgehead atoms. The lowest BCUT2D eigenvalue weighted by atomic mass is 9.91. The van der Waals surface area contributed by atoms with Crippen molar-refractivity contribution >= 4 is 17.7 Å². The summed E-state index contributed by atoms with van der Waals surface area (Å²) in [6.45, 7) is 0. The summed E-state index contributed by atoms with van der Waals surface area (Å²) in [5.41, 5.74) is 5.85. The van der Waals surface area contributed by atoms with Crippen LogP contribution < -0.4 is 11.1 Å². The zero-order chi connectivity index (χ0) is 10.4. The summed E-state index contributed by atoms with van der Waals surface area (Å²) in [5.74, 6) is 1.09. The van der Waals surface area contributed by atoms with Crippen LogP contribution in [0.25, 0.3) is 0 Å². The average Bonchev–Trinajstić information content (AvgIpc) is 2.15. The van der Waals surface area contributed by atoms with Gasteiger partial charge in [-0.15, -0.1) is 0 Å². The van der Waals surface area contributed by atoms with E-state index in [1.54, 1.807) is 11.8 Å². The van der Waals surface area contributed by atoms with Gasteiger partial charge in [-0.3, -0.25) is 4.79 Å². The molecule has 1 rings (SSSR count). The molecular weight excluding hydrogens is 196 g/mol. The summed E-state index contributed by atoms with van der Waals surface area (Å²) >= 11 is 1.71. The van der Waals surface area contributed by atoms with Gasteiger partial charge in [0.1, 0.15) is 0 Å². The van der Waals surface area contributed by atoms with Crippen LogP contribution in [0.15, 0.2) is 0 Å². The van der Waals surface area contributed by atoms with Crippen molar-refractivity contribution in [2.75, 3.05) is 12.0 Å². The Morgan fingerprint density at radius 2 is 2.36 bits per heavy atom. The molecule has 0 aliphatic heterocycles. The molecule has 0 spiro atoms. The first kappa shape index (κ1) is 11.9. The van der Waals surface area contributed by atoms with Crippen LogP contribution in [0, 0.1) is 0 Å². The molecule has 82 valence electrons. The molecule has 4 heteroatoms. The van der Waals surface area contributed by atoms with E-state index in [4.69, 9.17) is 5.73 Å². The number of nitrogens with one attached hydrogen (secondary N) is 1. The lowest BCUT2D eigenvalue weighted by Gasteiger charge is -2.27. The summed E-state index contributed by atoms with van der Waals surface area (Å²) in [4.78, 5) is 11.4. The Labute approximate surface area is 90.2 Å². The normalized spacial score (nSPS) is 27.3. The monoisotopic (exact) mass is 216 g/mol. The molecule has 0 aromatic rings. The van der Waals surface area contributed by atoms with Gasteiger partial charge in [-0.05, 0) is 31.9 Å². The number of carbonyl (C=O) groups excluding carboxylic acids is 1. The molecule has 2 atom stereocenters. The molecule has 0 heterocycles. The second kappa shape index (κ2) is 6.30. The SMILES string of the molecule is CSCCC(=O)NC1CCCC(N)C1. The van der Waals surface area contributed by atoms with Gasteiger partial charge in [0.25, 0.3) is 0 Å². The van der Waals surface area contributed by atoms with Gasteiger partial charge in [-0.2, -0.15) is 11.8 Å². The zero-order valence-corrected chi connectivity index (χ0v) is 9.61. The summed E-state index contributed by atoms with van der Waals surface area (Å²) in [6, 6.07) is 0.614. The fraction of sp³-hybridized carbons (Fsp3) is 0.900. The summed E-state index contributed by atoms with van der Waals surface area (Å²) in [7, 11) is 0. The van der Waals surface area contributed by atoms with Crippen molar-refractivity contribution in [1.29, 1.82) is 0 Å². The molecule has 0 saturated heterocycles. The van der Waals surface area contributed by atoms with Gasteiger partial charge >= 0.3 is 0 Å². The zero-order valence-electron chi connectivity index (χ0n) is 8.79. The summed E-state index contributed by atoms with van der Waals surface area (Å²) in [6.07, 6.45) is 6.95. The largest absolute Gasteiger partial charge is 0.353 e. The smallest absolute Gasteiger partial charge is 0.221 e. The van der Waals surface area contributed by atoms with Gasteiger partial charge < -0.3 is 11.1 Å². The highest BCUT2D eigenvalue weighted by atomic mass is 32.2. The number of thioether (sulfide) groups is 1. The highest BCUT2D eigenvalue weighted by molar-refractivity contribution is 7.98. The fourth-order valence-corrected chi connectivity index (χ4v) is 2.24. The van der Waals surface area contributed by atoms with E-state index >= 15 is 0 Å². The van der Waals surface area contributed by atoms with Crippen molar-refractivity contribution in [2.45, 2.75) is 44.2 Å². The number of amides is 1. The quantitative estimate of drug-likeness (QED) is 0.740. The fourth-order valence-electron chi connectivity index (χ4n) is 1.85. The molecule has 1 fully saturated rings. The van der Waals surface area contributed by atoms with Gasteiger partial charge in [-0.25, -0.2) is 0 Å². The maximum Gasteiger partial charge on any atom is 0.221 e. The first-order valence-electron chi connectivity index (χ1n) is 5.26. The van der Waals surface area contributed by atoms with Crippen molar-refractivity contribution in [3.63, 3.8) is 0 Å². The Hall–Kier alpha value is -0.220. The topological polar surface area (TPSA) is 55.1 Å². The first-order chi connectivity index (χ1) is 6.72. The molecule has 14 heavy (non-hydrogen) atoms. The van der Waals surface area contributed by atoms with Crippen molar-refractivity contribution in [3.05, 3.63) is 0 Å². The maximum absolute atomic E-state index is 11.4. The second-order valence-electron chi connectivity index (χ2n) is 3.93. The number of carbonyl (C=O) groups is 1. The molecule has 0 aromatic heterocycles. The van der Waals surface area contributed by atoms with E-state index in [9.17, 15) is 4.79 Å². The Kier molecular flexibility index (Phi) is 5.33. The van der Waals surface area contributed by atoms with Crippen LogP contribution in [-0.4, -0.2) is 30.0 Å². The van der Waals surface area contributed by atoms with Crippen LogP contribution in [0.2, 0.25) is 0 Å². The van der Waals surface area contributed by atoms with Crippen molar-refractivity contribution in [1.82, 2.24) is 5.32 Å². The first-order valence-corrected chi connectivity index (χ1v) is 6.65. The molecule has 0 radical (unpaired) electrons. The Morgan fingerprint density at radius 1 is 1.57 bits per heavy atom. The highest BCUT2D eigenvalue weighted by Gasteiger charge is 2.20. The van der Waals surface area contributed by atoms with Gasteiger partial charge in [0.15, 0.2) is 0 Å². The van der Waals surface area contributed by atoms with Crippen LogP contribution in [0.1, 0.15) is 32.1 Å². The third-order valence-electron chi connectivity index (χ3n) is 2.61. The van der Waals surface area contributed by atoms with Crippen LogP contribution in [0.5, 0.6) is 0 Å². The van der Waals surface area contributed by atoms with Crippen molar-refractivity contribution in [2.24, 2.45) is 5.73 Å². The van der Waals surface area contributed by atoms with E-state index in [2.05, 4.69) is 5.32 Å². The minimum Gasteiger partial charge on any atom is -0.353 e. The Bertz CT molecular complexity index is 187. The van der Waals surface area contributed by atoms with Crippen LogP contribution >= 0.6 is 11.8 Å². The number of hydrogen-bond acceptors (Lipinski definition) is 3. The van der Waals surface area contributed by atoms with Gasteiger partial charge in [0, 0.05) is 24.3 Å². The summed E-state index contributed by atoms with van der Waals surface area (Å²) < 4.78 is 0. The van der Waals surface area contributed by atoms with Crippen LogP contribution in [0.4, 0.5) is 0 Å². The molecule has 1 aliphatic rings. The second-order valence-corrected chi connectivity index (χ2v) is 4.92. The Balaban J connectivity index is 2.18. The van der Waals surface area contributed by atoms with E-state index in [1.807, 2.05) is 6.26 Å². The minimum atomic E-state index is 0.179. The third-order valence-corrected chi connectivity index (χ3v) is 3.23. The molecule has 0 aromatic carbocycles. The Morgan fingerprint density at radius 3 is 3.00 bits per heavy atom. The molecular formula is C10H20N2OS. The molecule has 1 saturated carbocycles. The van der Waals surface area contributed by atoms with E-state index in [0.29, 0.717) is 12.5 Å². The molecule has 3 N–H and O–H groups in total. The van der Waals surface area contributed by atoms with E-state index in [0.717, 1.165) is 31.4 Å². The van der Waals surface area contributed by atoms with E-state index < -0.39 is 0 Å². The van der Waals surface area contributed by atoms with Gasteiger partial charge in [0.2, 0.25) is 5.91 Å². The lowest BCUT2D eigenvalue weighted by Crippen LogP contribution is -2.42. The number of rotatable bonds is 4. The molecule has 1 aliphatic carbocycles. The van der Waals surface area contributed by atoms with Gasteiger partial charge in [-0.1, -0.05) is 0 Å². The van der Waals surface area contributed by atoms with Crippen molar-refractivity contribution < 1.29 is 4.79 Å². The van der Waals surface area contributed by atoms with Crippen LogP contribution in [-0.2, 0) is 4.79 Å². The van der Waals surface area contributed by atoms with E-state index in [-0.39, 0.29) is 11.9 Å². The highest BCUT2D eigenvalue weighted by Crippen LogP contribution is 2.16. The van der Waals surface area contributed by atoms with E-state index in [1.165, 1.54) is 0 Å². The van der Waals surface area contributed by atoms with Gasteiger partial charge in [0.05, 0.1) is 0 Å². The predicted octanol–water partition coefficient (Wildman–Crippen LogP) is 1.13. The molecule has 3 nitrogen and oxygen atoms in total. The standard InChI is InChI=1S/C10H20N2OS/c1-14-6-5-10(13)12-9-4-2-3-8(11)7-9/h8-9H,2-7,11H2,1H3,(H,12,13). The third kappa shape index (κ3) is 4.33.